The molecule has 3 N–H and O–H groups in total. The van der Waals surface area contributed by atoms with Gasteiger partial charge in [-0.3, -0.25) is 5.10 Å². The van der Waals surface area contributed by atoms with Crippen LogP contribution in [0.3, 0.4) is 0 Å². The Morgan fingerprint density at radius 1 is 1.07 bits per heavy atom. The molecular formula is C22H21N7O. The van der Waals surface area contributed by atoms with Crippen molar-refractivity contribution >= 4 is 33.7 Å². The number of fused-ring (bicyclic) bond motifs is 2. The minimum Gasteiger partial charge on any atom is -0.383 e. The van der Waals surface area contributed by atoms with Crippen LogP contribution in [0.4, 0.5) is 17.2 Å². The van der Waals surface area contributed by atoms with Crippen LogP contribution in [0.2, 0.25) is 0 Å². The van der Waals surface area contributed by atoms with E-state index in [1.807, 2.05) is 28.9 Å². The molecule has 0 atom stereocenters. The van der Waals surface area contributed by atoms with Gasteiger partial charge in [0.15, 0.2) is 5.65 Å². The first-order chi connectivity index (χ1) is 14.8. The predicted molar refractivity (Wildman–Crippen MR) is 118 cm³/mol. The first-order valence-electron chi connectivity index (χ1n) is 9.66. The number of nitrogens with one attached hydrogen (secondary N) is 3. The van der Waals surface area contributed by atoms with Gasteiger partial charge >= 0.3 is 0 Å². The molecule has 0 amide bonds. The molecule has 4 aromatic heterocycles. The highest BCUT2D eigenvalue weighted by Crippen LogP contribution is 2.29. The number of aromatic nitrogens is 5. The summed E-state index contributed by atoms with van der Waals surface area (Å²) in [5, 5.41) is 14.9. The lowest BCUT2D eigenvalue weighted by atomic mass is 10.1. The maximum absolute atomic E-state index is 5.06. The van der Waals surface area contributed by atoms with Gasteiger partial charge < -0.3 is 19.8 Å². The number of benzene rings is 1. The smallest absolute Gasteiger partial charge is 0.160 e. The molecule has 0 aliphatic heterocycles. The lowest BCUT2D eigenvalue weighted by Crippen LogP contribution is -2.07. The molecule has 4 heterocycles. The summed E-state index contributed by atoms with van der Waals surface area (Å²) < 4.78 is 7.07. The van der Waals surface area contributed by atoms with E-state index >= 15 is 0 Å². The minimum atomic E-state index is 0.648. The summed E-state index contributed by atoms with van der Waals surface area (Å²) >= 11 is 0. The summed E-state index contributed by atoms with van der Waals surface area (Å²) in [5.41, 5.74) is 5.84. The fourth-order valence-corrected chi connectivity index (χ4v) is 3.41. The first-order valence-corrected chi connectivity index (χ1v) is 9.66. The highest BCUT2D eigenvalue weighted by molar-refractivity contribution is 5.86. The molecule has 8 nitrogen and oxygen atoms in total. The normalized spacial score (nSPS) is 11.2. The second-order valence-corrected chi connectivity index (χ2v) is 6.95. The Kier molecular flexibility index (Phi) is 4.74. The number of anilines is 3. The van der Waals surface area contributed by atoms with E-state index < -0.39 is 0 Å². The van der Waals surface area contributed by atoms with E-state index in [-0.39, 0.29) is 0 Å². The van der Waals surface area contributed by atoms with E-state index in [1.54, 1.807) is 19.5 Å². The summed E-state index contributed by atoms with van der Waals surface area (Å²) in [6.07, 6.45) is 9.43. The number of H-pyrrole nitrogens is 1. The summed E-state index contributed by atoms with van der Waals surface area (Å²) in [6, 6.07) is 12.3. The highest BCUT2D eigenvalue weighted by Gasteiger charge is 2.09. The van der Waals surface area contributed by atoms with Crippen molar-refractivity contribution in [3.8, 4) is 11.1 Å². The number of hydrogen-bond acceptors (Lipinski definition) is 6. The van der Waals surface area contributed by atoms with Gasteiger partial charge in [0.25, 0.3) is 0 Å². The number of imidazole rings is 1. The molecule has 5 rings (SSSR count). The van der Waals surface area contributed by atoms with Crippen LogP contribution in [0.25, 0.3) is 27.7 Å². The van der Waals surface area contributed by atoms with Crippen LogP contribution < -0.4 is 10.6 Å². The van der Waals surface area contributed by atoms with Crippen molar-refractivity contribution in [2.24, 2.45) is 0 Å². The second-order valence-electron chi connectivity index (χ2n) is 6.95. The first kappa shape index (κ1) is 18.1. The lowest BCUT2D eigenvalue weighted by molar-refractivity contribution is 0.211. The topological polar surface area (TPSA) is 92.2 Å². The molecule has 0 spiro atoms. The SMILES string of the molecule is COCCNc1ccc(Nc2cc(-c3ccc4cn[nH]c4c3)cn3ccnc23)nc1. The number of hydrogen-bond donors (Lipinski definition) is 3. The molecular weight excluding hydrogens is 378 g/mol. The van der Waals surface area contributed by atoms with Gasteiger partial charge in [-0.05, 0) is 29.8 Å². The quantitative estimate of drug-likeness (QED) is 0.357. The van der Waals surface area contributed by atoms with Crippen molar-refractivity contribution in [3.05, 3.63) is 67.4 Å². The summed E-state index contributed by atoms with van der Waals surface area (Å²) in [5.74, 6) is 0.748. The molecule has 0 radical (unpaired) electrons. The largest absolute Gasteiger partial charge is 0.383 e. The van der Waals surface area contributed by atoms with Crippen LogP contribution in [0.1, 0.15) is 0 Å². The molecule has 0 aliphatic carbocycles. The molecule has 0 aliphatic rings. The fourth-order valence-electron chi connectivity index (χ4n) is 3.41. The van der Waals surface area contributed by atoms with Crippen molar-refractivity contribution in [2.45, 2.75) is 0 Å². The van der Waals surface area contributed by atoms with Crippen LogP contribution >= 0.6 is 0 Å². The van der Waals surface area contributed by atoms with E-state index in [1.165, 1.54) is 0 Å². The summed E-state index contributed by atoms with van der Waals surface area (Å²) in [7, 11) is 1.69. The van der Waals surface area contributed by atoms with Gasteiger partial charge in [0.2, 0.25) is 0 Å². The fraction of sp³-hybridized carbons (Fsp3) is 0.136. The average Bonchev–Trinajstić information content (AvgIpc) is 3.44. The maximum Gasteiger partial charge on any atom is 0.160 e. The van der Waals surface area contributed by atoms with Gasteiger partial charge in [0, 0.05) is 43.2 Å². The zero-order valence-corrected chi connectivity index (χ0v) is 16.5. The predicted octanol–water partition coefficient (Wildman–Crippen LogP) is 4.07. The average molecular weight is 399 g/mol. The van der Waals surface area contributed by atoms with Gasteiger partial charge in [0.05, 0.1) is 35.9 Å². The highest BCUT2D eigenvalue weighted by atomic mass is 16.5. The number of rotatable bonds is 7. The lowest BCUT2D eigenvalue weighted by Gasteiger charge is -2.11. The van der Waals surface area contributed by atoms with Crippen molar-refractivity contribution in [3.63, 3.8) is 0 Å². The van der Waals surface area contributed by atoms with Crippen LogP contribution in [-0.2, 0) is 4.74 Å². The van der Waals surface area contributed by atoms with Crippen molar-refractivity contribution in [2.75, 3.05) is 30.9 Å². The molecule has 0 unspecified atom stereocenters. The third-order valence-corrected chi connectivity index (χ3v) is 4.92. The van der Waals surface area contributed by atoms with E-state index in [2.05, 4.69) is 61.3 Å². The van der Waals surface area contributed by atoms with E-state index in [9.17, 15) is 0 Å². The van der Waals surface area contributed by atoms with Crippen molar-refractivity contribution in [1.82, 2.24) is 24.6 Å². The summed E-state index contributed by atoms with van der Waals surface area (Å²) in [6.45, 7) is 1.39. The molecule has 30 heavy (non-hydrogen) atoms. The Labute approximate surface area is 172 Å². The number of ether oxygens (including phenoxy) is 1. The van der Waals surface area contributed by atoms with Gasteiger partial charge in [-0.15, -0.1) is 0 Å². The molecule has 0 saturated heterocycles. The van der Waals surface area contributed by atoms with Gasteiger partial charge in [0.1, 0.15) is 5.82 Å². The molecule has 5 aromatic rings. The minimum absolute atomic E-state index is 0.648. The van der Waals surface area contributed by atoms with Crippen LogP contribution in [0.5, 0.6) is 0 Å². The Morgan fingerprint density at radius 2 is 2.03 bits per heavy atom. The van der Waals surface area contributed by atoms with Crippen LogP contribution in [0.15, 0.2) is 67.4 Å². The van der Waals surface area contributed by atoms with Gasteiger partial charge in [-0.25, -0.2) is 9.97 Å². The molecule has 0 bridgehead atoms. The Bertz CT molecular complexity index is 1290. The van der Waals surface area contributed by atoms with Gasteiger partial charge in [-0.1, -0.05) is 12.1 Å². The Balaban J connectivity index is 1.46. The second kappa shape index (κ2) is 7.84. The van der Waals surface area contributed by atoms with Crippen LogP contribution in [0, 0.1) is 0 Å². The van der Waals surface area contributed by atoms with Crippen molar-refractivity contribution < 1.29 is 4.74 Å². The van der Waals surface area contributed by atoms with E-state index in [0.717, 1.165) is 51.4 Å². The molecule has 0 fully saturated rings. The monoisotopic (exact) mass is 399 g/mol. The molecule has 8 heteroatoms. The van der Waals surface area contributed by atoms with Crippen LogP contribution in [-0.4, -0.2) is 44.8 Å². The molecule has 150 valence electrons. The van der Waals surface area contributed by atoms with E-state index in [4.69, 9.17) is 4.74 Å². The third kappa shape index (κ3) is 3.56. The third-order valence-electron chi connectivity index (χ3n) is 4.92. The number of methoxy groups -OCH3 is 1. The standard InChI is InChI=1S/C22H21N7O/c1-30-9-7-23-18-4-5-21(25-13-18)27-20-11-17(14-29-8-6-24-22(20)29)15-2-3-16-12-26-28-19(16)10-15/h2-6,8,10-14,23H,7,9H2,1H3,(H,25,27)(H,26,28). The van der Waals surface area contributed by atoms with E-state index in [0.29, 0.717) is 6.61 Å². The Morgan fingerprint density at radius 3 is 2.90 bits per heavy atom. The zero-order valence-electron chi connectivity index (χ0n) is 16.5. The number of aromatic amines is 1. The number of pyridine rings is 2. The zero-order chi connectivity index (χ0) is 20.3. The number of nitrogens with zero attached hydrogens (tertiary/aromatic N) is 4. The maximum atomic E-state index is 5.06. The Hall–Kier alpha value is -3.91. The molecule has 0 saturated carbocycles. The van der Waals surface area contributed by atoms with Crippen molar-refractivity contribution in [1.29, 1.82) is 0 Å². The summed E-state index contributed by atoms with van der Waals surface area (Å²) in [4.78, 5) is 9.00. The van der Waals surface area contributed by atoms with Gasteiger partial charge in [-0.2, -0.15) is 5.10 Å². The molecule has 1 aromatic carbocycles.